The number of benzene rings is 1. The van der Waals surface area contributed by atoms with E-state index in [-0.39, 0.29) is 18.3 Å². The lowest BCUT2D eigenvalue weighted by Crippen LogP contribution is -2.35. The first kappa shape index (κ1) is 17.9. The Labute approximate surface area is 122 Å². The number of carbonyl (C=O) groups is 1. The number of carbonyl (C=O) groups excluding carboxylic acids is 1. The van der Waals surface area contributed by atoms with E-state index in [1.807, 2.05) is 13.0 Å². The molecule has 0 aliphatic carbocycles. The van der Waals surface area contributed by atoms with E-state index >= 15 is 0 Å². The standard InChI is InChI=1S/C15H24N2O.ClH/c1-4-7-14(16)15(18)17-13-9-8-11(5-2)12(6-3)10-13;/h8-10,14H,4-7,16H2,1-3H3,(H,17,18);1H. The van der Waals surface area contributed by atoms with Gasteiger partial charge in [-0.3, -0.25) is 4.79 Å². The maximum Gasteiger partial charge on any atom is 0.241 e. The molecule has 1 atom stereocenters. The molecule has 0 spiro atoms. The summed E-state index contributed by atoms with van der Waals surface area (Å²) in [6.45, 7) is 6.30. The molecule has 19 heavy (non-hydrogen) atoms. The van der Waals surface area contributed by atoms with Crippen LogP contribution in [0.2, 0.25) is 0 Å². The third kappa shape index (κ3) is 5.21. The molecule has 0 aliphatic rings. The van der Waals surface area contributed by atoms with Crippen LogP contribution in [0.15, 0.2) is 18.2 Å². The molecule has 1 aromatic rings. The Kier molecular flexibility index (Phi) is 8.44. The predicted molar refractivity (Wildman–Crippen MR) is 84.0 cm³/mol. The Morgan fingerprint density at radius 3 is 2.37 bits per heavy atom. The fourth-order valence-electron chi connectivity index (χ4n) is 2.05. The summed E-state index contributed by atoms with van der Waals surface area (Å²) in [6.07, 6.45) is 3.64. The van der Waals surface area contributed by atoms with Crippen LogP contribution in [-0.4, -0.2) is 11.9 Å². The lowest BCUT2D eigenvalue weighted by molar-refractivity contribution is -0.117. The van der Waals surface area contributed by atoms with Gasteiger partial charge in [0, 0.05) is 5.69 Å². The van der Waals surface area contributed by atoms with Gasteiger partial charge in [-0.2, -0.15) is 0 Å². The number of hydrogen-bond donors (Lipinski definition) is 2. The average Bonchev–Trinajstić information content (AvgIpc) is 2.38. The second-order valence-corrected chi connectivity index (χ2v) is 4.58. The summed E-state index contributed by atoms with van der Waals surface area (Å²) in [5.74, 6) is -0.0943. The normalized spacial score (nSPS) is 11.6. The molecule has 4 heteroatoms. The molecule has 108 valence electrons. The van der Waals surface area contributed by atoms with E-state index in [2.05, 4.69) is 31.3 Å². The SMILES string of the molecule is CCCC(N)C(=O)Nc1ccc(CC)c(CC)c1.Cl. The minimum Gasteiger partial charge on any atom is -0.325 e. The predicted octanol–water partition coefficient (Wildman–Crippen LogP) is 3.30. The van der Waals surface area contributed by atoms with E-state index in [0.717, 1.165) is 31.4 Å². The number of aryl methyl sites for hydroxylation is 2. The Bertz CT molecular complexity index is 407. The highest BCUT2D eigenvalue weighted by Crippen LogP contribution is 2.17. The monoisotopic (exact) mass is 284 g/mol. The van der Waals surface area contributed by atoms with Crippen LogP contribution >= 0.6 is 12.4 Å². The first-order valence-corrected chi connectivity index (χ1v) is 6.80. The first-order chi connectivity index (χ1) is 8.62. The van der Waals surface area contributed by atoms with E-state index in [0.29, 0.717) is 0 Å². The lowest BCUT2D eigenvalue weighted by Gasteiger charge is -2.13. The maximum absolute atomic E-state index is 11.8. The van der Waals surface area contributed by atoms with E-state index in [4.69, 9.17) is 5.73 Å². The van der Waals surface area contributed by atoms with Crippen LogP contribution in [0, 0.1) is 0 Å². The molecule has 0 radical (unpaired) electrons. The number of amides is 1. The molecule has 0 heterocycles. The molecule has 1 amide bonds. The number of anilines is 1. The molecule has 0 saturated heterocycles. The van der Waals surface area contributed by atoms with Gasteiger partial charge in [0.15, 0.2) is 0 Å². The Morgan fingerprint density at radius 2 is 1.84 bits per heavy atom. The van der Waals surface area contributed by atoms with E-state index in [1.165, 1.54) is 11.1 Å². The summed E-state index contributed by atoms with van der Waals surface area (Å²) in [4.78, 5) is 11.8. The Hall–Kier alpha value is -1.06. The van der Waals surface area contributed by atoms with Gasteiger partial charge in [-0.05, 0) is 42.5 Å². The molecule has 0 bridgehead atoms. The van der Waals surface area contributed by atoms with E-state index in [1.54, 1.807) is 0 Å². The van der Waals surface area contributed by atoms with Crippen molar-refractivity contribution in [3.05, 3.63) is 29.3 Å². The topological polar surface area (TPSA) is 55.1 Å². The van der Waals surface area contributed by atoms with Gasteiger partial charge in [-0.25, -0.2) is 0 Å². The van der Waals surface area contributed by atoms with Crippen LogP contribution in [0.3, 0.4) is 0 Å². The van der Waals surface area contributed by atoms with Crippen molar-refractivity contribution in [3.8, 4) is 0 Å². The second-order valence-electron chi connectivity index (χ2n) is 4.58. The molecule has 3 nitrogen and oxygen atoms in total. The van der Waals surface area contributed by atoms with Crippen molar-refractivity contribution in [1.29, 1.82) is 0 Å². The van der Waals surface area contributed by atoms with Gasteiger partial charge in [0.05, 0.1) is 6.04 Å². The molecule has 1 rings (SSSR count). The highest BCUT2D eigenvalue weighted by molar-refractivity contribution is 5.94. The number of nitrogens with two attached hydrogens (primary N) is 1. The zero-order chi connectivity index (χ0) is 13.5. The summed E-state index contributed by atoms with van der Waals surface area (Å²) >= 11 is 0. The van der Waals surface area contributed by atoms with E-state index < -0.39 is 6.04 Å². The molecule has 0 aromatic heterocycles. The largest absolute Gasteiger partial charge is 0.325 e. The minimum atomic E-state index is -0.411. The van der Waals surface area contributed by atoms with Crippen LogP contribution in [-0.2, 0) is 17.6 Å². The summed E-state index contributed by atoms with van der Waals surface area (Å²) in [6, 6.07) is 5.68. The van der Waals surface area contributed by atoms with Gasteiger partial charge in [-0.15, -0.1) is 12.4 Å². The Morgan fingerprint density at radius 1 is 1.21 bits per heavy atom. The van der Waals surface area contributed by atoms with Crippen molar-refractivity contribution < 1.29 is 4.79 Å². The maximum atomic E-state index is 11.8. The second kappa shape index (κ2) is 8.94. The van der Waals surface area contributed by atoms with E-state index in [9.17, 15) is 4.79 Å². The molecule has 0 fully saturated rings. The van der Waals surface area contributed by atoms with Gasteiger partial charge in [-0.1, -0.05) is 33.3 Å². The number of rotatable bonds is 6. The molecule has 3 N–H and O–H groups in total. The van der Waals surface area contributed by atoms with Crippen molar-refractivity contribution in [2.75, 3.05) is 5.32 Å². The van der Waals surface area contributed by atoms with Crippen molar-refractivity contribution >= 4 is 24.0 Å². The molecule has 0 saturated carbocycles. The quantitative estimate of drug-likeness (QED) is 0.842. The van der Waals surface area contributed by atoms with Gasteiger partial charge < -0.3 is 11.1 Å². The molecule has 1 aromatic carbocycles. The van der Waals surface area contributed by atoms with Gasteiger partial charge >= 0.3 is 0 Å². The summed E-state index contributed by atoms with van der Waals surface area (Å²) in [7, 11) is 0. The zero-order valence-corrected chi connectivity index (χ0v) is 12.8. The minimum absolute atomic E-state index is 0. The van der Waals surface area contributed by atoms with Gasteiger partial charge in [0.25, 0.3) is 0 Å². The fourth-order valence-corrected chi connectivity index (χ4v) is 2.05. The zero-order valence-electron chi connectivity index (χ0n) is 12.0. The summed E-state index contributed by atoms with van der Waals surface area (Å²) < 4.78 is 0. The smallest absolute Gasteiger partial charge is 0.241 e. The fraction of sp³-hybridized carbons (Fsp3) is 0.533. The number of nitrogens with one attached hydrogen (secondary N) is 1. The highest BCUT2D eigenvalue weighted by Gasteiger charge is 2.12. The summed E-state index contributed by atoms with van der Waals surface area (Å²) in [5, 5.41) is 2.89. The summed E-state index contributed by atoms with van der Waals surface area (Å²) in [5.41, 5.74) is 9.27. The molecular formula is C15H25ClN2O. The third-order valence-electron chi connectivity index (χ3n) is 3.17. The van der Waals surface area contributed by atoms with Crippen molar-refractivity contribution in [2.24, 2.45) is 5.73 Å². The molecule has 0 aliphatic heterocycles. The lowest BCUT2D eigenvalue weighted by atomic mass is 10.0. The van der Waals surface area contributed by atoms with Gasteiger partial charge in [0.1, 0.15) is 0 Å². The van der Waals surface area contributed by atoms with Crippen LogP contribution in [0.1, 0.15) is 44.7 Å². The molecular weight excluding hydrogens is 260 g/mol. The van der Waals surface area contributed by atoms with Crippen molar-refractivity contribution in [1.82, 2.24) is 0 Å². The Balaban J connectivity index is 0.00000324. The number of halogens is 1. The van der Waals surface area contributed by atoms with Crippen molar-refractivity contribution in [3.63, 3.8) is 0 Å². The first-order valence-electron chi connectivity index (χ1n) is 6.80. The third-order valence-corrected chi connectivity index (χ3v) is 3.17. The highest BCUT2D eigenvalue weighted by atomic mass is 35.5. The average molecular weight is 285 g/mol. The van der Waals surface area contributed by atoms with Crippen LogP contribution in [0.4, 0.5) is 5.69 Å². The van der Waals surface area contributed by atoms with Crippen LogP contribution in [0.25, 0.3) is 0 Å². The van der Waals surface area contributed by atoms with Crippen LogP contribution in [0.5, 0.6) is 0 Å². The van der Waals surface area contributed by atoms with Crippen LogP contribution < -0.4 is 11.1 Å². The molecule has 1 unspecified atom stereocenters. The van der Waals surface area contributed by atoms with Gasteiger partial charge in [0.2, 0.25) is 5.91 Å². The van der Waals surface area contributed by atoms with Crippen molar-refractivity contribution in [2.45, 2.75) is 52.5 Å². The number of hydrogen-bond acceptors (Lipinski definition) is 2.